The van der Waals surface area contributed by atoms with Gasteiger partial charge in [-0.2, -0.15) is 0 Å². The van der Waals surface area contributed by atoms with Gasteiger partial charge in [0.15, 0.2) is 0 Å². The Morgan fingerprint density at radius 2 is 2.13 bits per heavy atom. The molecule has 1 heterocycles. The van der Waals surface area contributed by atoms with Gasteiger partial charge in [-0.05, 0) is 31.0 Å². The van der Waals surface area contributed by atoms with Crippen LogP contribution in [0.15, 0.2) is 47.3 Å². The molecule has 2 aliphatic rings. The molecule has 0 spiro atoms. The number of benzene rings is 1. The Bertz CT molecular complexity index is 732. The molecule has 0 fully saturated rings. The summed E-state index contributed by atoms with van der Waals surface area (Å²) in [6.45, 7) is 1.80. The number of phenolic OH excluding ortho intramolecular Hbond substituents is 1. The van der Waals surface area contributed by atoms with E-state index in [4.69, 9.17) is 4.74 Å². The number of nitrogens with one attached hydrogen (secondary N) is 1. The second-order valence-corrected chi connectivity index (χ2v) is 5.87. The van der Waals surface area contributed by atoms with Crippen LogP contribution in [0.5, 0.6) is 5.75 Å². The summed E-state index contributed by atoms with van der Waals surface area (Å²) in [6.07, 6.45) is 3.17. The minimum atomic E-state index is -0.458. The Kier molecular flexibility index (Phi) is 3.94. The van der Waals surface area contributed by atoms with Crippen molar-refractivity contribution in [3.05, 3.63) is 52.9 Å². The first-order valence-electron chi connectivity index (χ1n) is 7.60. The highest BCUT2D eigenvalue weighted by atomic mass is 16.5. The number of esters is 1. The first-order chi connectivity index (χ1) is 11.0. The summed E-state index contributed by atoms with van der Waals surface area (Å²) in [5.41, 5.74) is 2.69. The zero-order valence-electron chi connectivity index (χ0n) is 13.1. The number of hydrogen-bond donors (Lipinski definition) is 2. The van der Waals surface area contributed by atoms with Crippen molar-refractivity contribution in [1.82, 2.24) is 5.32 Å². The molecule has 1 aliphatic carbocycles. The van der Waals surface area contributed by atoms with E-state index in [0.29, 0.717) is 24.1 Å². The SMILES string of the molecule is COC(=O)C1=C(C)NC2=CCCC(=O)C2C1c1cccc(O)c1. The minimum Gasteiger partial charge on any atom is -0.508 e. The van der Waals surface area contributed by atoms with E-state index in [1.165, 1.54) is 7.11 Å². The molecule has 0 saturated heterocycles. The molecule has 1 aromatic rings. The van der Waals surface area contributed by atoms with E-state index in [-0.39, 0.29) is 11.5 Å². The molecule has 1 aromatic carbocycles. The van der Waals surface area contributed by atoms with Crippen molar-refractivity contribution in [2.24, 2.45) is 5.92 Å². The van der Waals surface area contributed by atoms with Crippen molar-refractivity contribution in [2.75, 3.05) is 7.11 Å². The first kappa shape index (κ1) is 15.3. The van der Waals surface area contributed by atoms with E-state index in [1.807, 2.05) is 12.1 Å². The van der Waals surface area contributed by atoms with E-state index in [0.717, 1.165) is 11.3 Å². The summed E-state index contributed by atoms with van der Waals surface area (Å²) >= 11 is 0. The van der Waals surface area contributed by atoms with Crippen molar-refractivity contribution < 1.29 is 19.4 Å². The Morgan fingerprint density at radius 1 is 1.35 bits per heavy atom. The van der Waals surface area contributed by atoms with Crippen LogP contribution in [0.4, 0.5) is 0 Å². The van der Waals surface area contributed by atoms with Gasteiger partial charge in [-0.25, -0.2) is 4.79 Å². The second kappa shape index (κ2) is 5.91. The second-order valence-electron chi connectivity index (χ2n) is 5.87. The van der Waals surface area contributed by atoms with Crippen LogP contribution in [0, 0.1) is 5.92 Å². The number of ether oxygens (including phenoxy) is 1. The Labute approximate surface area is 134 Å². The van der Waals surface area contributed by atoms with Crippen LogP contribution >= 0.6 is 0 Å². The topological polar surface area (TPSA) is 75.6 Å². The molecule has 0 radical (unpaired) electrons. The lowest BCUT2D eigenvalue weighted by atomic mass is 9.71. The highest BCUT2D eigenvalue weighted by Crippen LogP contribution is 2.44. The molecule has 0 saturated carbocycles. The fourth-order valence-electron chi connectivity index (χ4n) is 3.47. The Hall–Kier alpha value is -2.56. The molecule has 23 heavy (non-hydrogen) atoms. The van der Waals surface area contributed by atoms with Crippen LogP contribution in [0.3, 0.4) is 0 Å². The maximum absolute atomic E-state index is 12.5. The molecule has 0 amide bonds. The third-order valence-electron chi connectivity index (χ3n) is 4.45. The number of hydrogen-bond acceptors (Lipinski definition) is 5. The number of carbonyl (C=O) groups excluding carboxylic acids is 2. The average molecular weight is 313 g/mol. The third kappa shape index (κ3) is 2.63. The monoisotopic (exact) mass is 313 g/mol. The highest BCUT2D eigenvalue weighted by Gasteiger charge is 2.43. The normalized spacial score (nSPS) is 23.7. The van der Waals surface area contributed by atoms with E-state index in [9.17, 15) is 14.7 Å². The Morgan fingerprint density at radius 3 is 2.83 bits per heavy atom. The van der Waals surface area contributed by atoms with E-state index in [2.05, 4.69) is 5.32 Å². The molecule has 2 unspecified atom stereocenters. The number of phenols is 1. The van der Waals surface area contributed by atoms with Crippen molar-refractivity contribution >= 4 is 11.8 Å². The zero-order chi connectivity index (χ0) is 16.6. The Balaban J connectivity index is 2.20. The fraction of sp³-hybridized carbons (Fsp3) is 0.333. The van der Waals surface area contributed by atoms with E-state index in [1.54, 1.807) is 25.1 Å². The molecule has 0 aromatic heterocycles. The summed E-state index contributed by atoms with van der Waals surface area (Å²) in [7, 11) is 1.33. The van der Waals surface area contributed by atoms with Crippen LogP contribution in [0.1, 0.15) is 31.2 Å². The van der Waals surface area contributed by atoms with Crippen LogP contribution in [-0.4, -0.2) is 24.0 Å². The van der Waals surface area contributed by atoms with E-state index >= 15 is 0 Å². The van der Waals surface area contributed by atoms with Crippen LogP contribution < -0.4 is 5.32 Å². The predicted octanol–water partition coefficient (Wildman–Crippen LogP) is 2.39. The van der Waals surface area contributed by atoms with Crippen molar-refractivity contribution in [3.8, 4) is 5.75 Å². The summed E-state index contributed by atoms with van der Waals surface area (Å²) in [6, 6.07) is 6.71. The van der Waals surface area contributed by atoms with Crippen molar-refractivity contribution in [3.63, 3.8) is 0 Å². The number of allylic oxidation sites excluding steroid dienone is 3. The van der Waals surface area contributed by atoms with Gasteiger partial charge in [-0.1, -0.05) is 18.2 Å². The number of carbonyl (C=O) groups is 2. The smallest absolute Gasteiger partial charge is 0.336 e. The summed E-state index contributed by atoms with van der Waals surface area (Å²) < 4.78 is 4.93. The average Bonchev–Trinajstić information content (AvgIpc) is 2.53. The molecule has 2 atom stereocenters. The summed E-state index contributed by atoms with van der Waals surface area (Å²) in [5, 5.41) is 13.0. The molecule has 5 nitrogen and oxygen atoms in total. The van der Waals surface area contributed by atoms with Gasteiger partial charge < -0.3 is 15.2 Å². The van der Waals surface area contributed by atoms with Gasteiger partial charge >= 0.3 is 5.97 Å². The third-order valence-corrected chi connectivity index (χ3v) is 4.45. The number of methoxy groups -OCH3 is 1. The van der Waals surface area contributed by atoms with Gasteiger partial charge in [0.25, 0.3) is 0 Å². The van der Waals surface area contributed by atoms with Gasteiger partial charge in [-0.3, -0.25) is 4.79 Å². The number of fused-ring (bicyclic) bond motifs is 1. The van der Waals surface area contributed by atoms with Gasteiger partial charge in [0.1, 0.15) is 11.5 Å². The minimum absolute atomic E-state index is 0.0947. The highest BCUT2D eigenvalue weighted by molar-refractivity contribution is 5.96. The van der Waals surface area contributed by atoms with Crippen molar-refractivity contribution in [2.45, 2.75) is 25.7 Å². The number of Topliss-reactive ketones (excluding diaryl/α,β-unsaturated/α-hetero) is 1. The molecule has 5 heteroatoms. The molecule has 1 aliphatic heterocycles. The maximum Gasteiger partial charge on any atom is 0.336 e. The standard InChI is InChI=1S/C18H19NO4/c1-10-15(18(22)23-2)16(11-5-3-6-12(20)9-11)17-13(19-10)7-4-8-14(17)21/h3,5-7,9,16-17,19-20H,4,8H2,1-2H3. The molecule has 2 N–H and O–H groups in total. The van der Waals surface area contributed by atoms with Crippen LogP contribution in [0.25, 0.3) is 0 Å². The molecule has 120 valence electrons. The lowest BCUT2D eigenvalue weighted by Crippen LogP contribution is -2.40. The van der Waals surface area contributed by atoms with Crippen LogP contribution in [-0.2, 0) is 14.3 Å². The van der Waals surface area contributed by atoms with Gasteiger partial charge in [0.2, 0.25) is 0 Å². The molecule has 3 rings (SSSR count). The maximum atomic E-state index is 12.5. The largest absolute Gasteiger partial charge is 0.508 e. The summed E-state index contributed by atoms with van der Waals surface area (Å²) in [5.74, 6) is -1.15. The lowest BCUT2D eigenvalue weighted by molar-refractivity contribution is -0.136. The van der Waals surface area contributed by atoms with Gasteiger partial charge in [0, 0.05) is 23.7 Å². The molecular weight excluding hydrogens is 294 g/mol. The van der Waals surface area contributed by atoms with Crippen LogP contribution in [0.2, 0.25) is 0 Å². The lowest BCUT2D eigenvalue weighted by Gasteiger charge is -2.37. The predicted molar refractivity (Wildman–Crippen MR) is 84.5 cm³/mol. The fourth-order valence-corrected chi connectivity index (χ4v) is 3.47. The number of rotatable bonds is 2. The number of ketones is 1. The summed E-state index contributed by atoms with van der Waals surface area (Å²) in [4.78, 5) is 24.9. The quantitative estimate of drug-likeness (QED) is 0.820. The zero-order valence-corrected chi connectivity index (χ0v) is 13.1. The molecule has 0 bridgehead atoms. The van der Waals surface area contributed by atoms with Crippen molar-refractivity contribution in [1.29, 1.82) is 0 Å². The van der Waals surface area contributed by atoms with Gasteiger partial charge in [0.05, 0.1) is 18.6 Å². The van der Waals surface area contributed by atoms with E-state index < -0.39 is 17.8 Å². The molecular formula is C18H19NO4. The van der Waals surface area contributed by atoms with Gasteiger partial charge in [-0.15, -0.1) is 0 Å². The number of aromatic hydroxyl groups is 1. The first-order valence-corrected chi connectivity index (χ1v) is 7.60.